The summed E-state index contributed by atoms with van der Waals surface area (Å²) in [4.78, 5) is 11.6. The second-order valence-corrected chi connectivity index (χ2v) is 5.44. The van der Waals surface area contributed by atoms with E-state index in [9.17, 15) is 9.90 Å². The number of aliphatic hydroxyl groups is 1. The van der Waals surface area contributed by atoms with Crippen LogP contribution in [0.15, 0.2) is 22.7 Å². The molecule has 2 atom stereocenters. The average molecular weight is 330 g/mol. The van der Waals surface area contributed by atoms with Gasteiger partial charge in [-0.25, -0.2) is 0 Å². The fraction of sp³-hybridized carbons (Fsp3) is 0.500. The van der Waals surface area contributed by atoms with Crippen molar-refractivity contribution in [2.45, 2.75) is 39.3 Å². The van der Waals surface area contributed by atoms with Gasteiger partial charge in [0, 0.05) is 16.1 Å². The molecule has 0 aromatic heterocycles. The van der Waals surface area contributed by atoms with Crippen molar-refractivity contribution in [1.82, 2.24) is 5.32 Å². The van der Waals surface area contributed by atoms with E-state index in [1.807, 2.05) is 19.9 Å². The summed E-state index contributed by atoms with van der Waals surface area (Å²) in [5.41, 5.74) is 0.666. The zero-order valence-electron chi connectivity index (χ0n) is 11.4. The van der Waals surface area contributed by atoms with Crippen molar-refractivity contribution in [3.8, 4) is 5.75 Å². The minimum absolute atomic E-state index is 0.0550. The van der Waals surface area contributed by atoms with Crippen LogP contribution < -0.4 is 10.1 Å². The number of carbonyl (C=O) groups is 1. The molecule has 106 valence electrons. The highest BCUT2D eigenvalue weighted by molar-refractivity contribution is 9.10. The molecule has 0 aliphatic rings. The molecule has 2 N–H and O–H groups in total. The molecule has 0 fully saturated rings. The van der Waals surface area contributed by atoms with Gasteiger partial charge in [0.25, 0.3) is 5.91 Å². The van der Waals surface area contributed by atoms with E-state index in [2.05, 4.69) is 21.2 Å². The van der Waals surface area contributed by atoms with Gasteiger partial charge >= 0.3 is 0 Å². The van der Waals surface area contributed by atoms with Crippen LogP contribution in [0.2, 0.25) is 0 Å². The first-order valence-corrected chi connectivity index (χ1v) is 7.13. The van der Waals surface area contributed by atoms with Gasteiger partial charge in [0.15, 0.2) is 6.61 Å². The van der Waals surface area contributed by atoms with Crippen molar-refractivity contribution in [2.24, 2.45) is 0 Å². The molecule has 5 heteroatoms. The number of aliphatic hydroxyl groups excluding tert-OH is 1. The molecule has 4 nitrogen and oxygen atoms in total. The van der Waals surface area contributed by atoms with Crippen molar-refractivity contribution in [1.29, 1.82) is 0 Å². The van der Waals surface area contributed by atoms with Crippen LogP contribution in [0.25, 0.3) is 0 Å². The number of rotatable bonds is 6. The largest absolute Gasteiger partial charge is 0.483 e. The summed E-state index contributed by atoms with van der Waals surface area (Å²) in [7, 11) is 0. The quantitative estimate of drug-likeness (QED) is 0.843. The second-order valence-electron chi connectivity index (χ2n) is 4.52. The lowest BCUT2D eigenvalue weighted by Gasteiger charge is -2.15. The molecule has 0 aliphatic heterocycles. The number of carbonyl (C=O) groups excluding carboxylic acids is 1. The van der Waals surface area contributed by atoms with Crippen LogP contribution in [-0.2, 0) is 4.79 Å². The van der Waals surface area contributed by atoms with Crippen LogP contribution in [0.4, 0.5) is 0 Å². The molecule has 1 unspecified atom stereocenters. The molecule has 1 aromatic carbocycles. The van der Waals surface area contributed by atoms with Gasteiger partial charge in [0.1, 0.15) is 5.75 Å². The molecule has 1 aromatic rings. The number of halogens is 1. The van der Waals surface area contributed by atoms with E-state index in [1.165, 1.54) is 0 Å². The van der Waals surface area contributed by atoms with Gasteiger partial charge < -0.3 is 15.2 Å². The Kier molecular flexibility index (Phi) is 6.31. The summed E-state index contributed by atoms with van der Waals surface area (Å²) in [5, 5.41) is 12.5. The van der Waals surface area contributed by atoms with Gasteiger partial charge in [-0.2, -0.15) is 0 Å². The van der Waals surface area contributed by atoms with E-state index in [0.717, 1.165) is 10.9 Å². The van der Waals surface area contributed by atoms with Crippen LogP contribution in [0, 0.1) is 0 Å². The standard InChI is InChI=1S/C14H20BrNO3/c1-4-9(2)16-14(18)8-19-13-7-11(15)5-6-12(13)10(3)17/h5-7,9-10,17H,4,8H2,1-3H3,(H,16,18)/t9?,10-/m1/s1. The van der Waals surface area contributed by atoms with E-state index < -0.39 is 6.10 Å². The summed E-state index contributed by atoms with van der Waals surface area (Å²) in [5.74, 6) is 0.356. The lowest BCUT2D eigenvalue weighted by molar-refractivity contribution is -0.123. The number of hydrogen-bond acceptors (Lipinski definition) is 3. The van der Waals surface area contributed by atoms with E-state index >= 15 is 0 Å². The molecule has 0 saturated heterocycles. The summed E-state index contributed by atoms with van der Waals surface area (Å²) < 4.78 is 6.33. The fourth-order valence-corrected chi connectivity index (χ4v) is 1.88. The zero-order valence-corrected chi connectivity index (χ0v) is 13.0. The molecule has 0 heterocycles. The molecular formula is C14H20BrNO3. The maximum Gasteiger partial charge on any atom is 0.258 e. The predicted molar refractivity (Wildman–Crippen MR) is 78.2 cm³/mol. The van der Waals surface area contributed by atoms with Crippen LogP contribution in [-0.4, -0.2) is 23.7 Å². The average Bonchev–Trinajstić information content (AvgIpc) is 2.35. The fourth-order valence-electron chi connectivity index (χ4n) is 1.54. The SMILES string of the molecule is CCC(C)NC(=O)COc1cc(Br)ccc1[C@@H](C)O. The van der Waals surface area contributed by atoms with Gasteiger partial charge in [-0.3, -0.25) is 4.79 Å². The highest BCUT2D eigenvalue weighted by Crippen LogP contribution is 2.28. The molecule has 0 bridgehead atoms. The lowest BCUT2D eigenvalue weighted by Crippen LogP contribution is -2.35. The molecule has 0 spiro atoms. The smallest absolute Gasteiger partial charge is 0.258 e. The Hall–Kier alpha value is -1.07. The van der Waals surface area contributed by atoms with Gasteiger partial charge in [-0.15, -0.1) is 0 Å². The predicted octanol–water partition coefficient (Wildman–Crippen LogP) is 2.80. The molecule has 0 saturated carbocycles. The molecule has 19 heavy (non-hydrogen) atoms. The summed E-state index contributed by atoms with van der Waals surface area (Å²) in [6.45, 7) is 5.56. The summed E-state index contributed by atoms with van der Waals surface area (Å²) in [6, 6.07) is 5.48. The van der Waals surface area contributed by atoms with Crippen molar-refractivity contribution in [3.63, 3.8) is 0 Å². The number of ether oxygens (including phenoxy) is 1. The monoisotopic (exact) mass is 329 g/mol. The molecule has 0 radical (unpaired) electrons. The molecule has 1 rings (SSSR count). The number of nitrogens with one attached hydrogen (secondary N) is 1. The minimum atomic E-state index is -0.638. The first-order chi connectivity index (χ1) is 8.93. The Bertz CT molecular complexity index is 435. The Labute approximate surface area is 122 Å². The van der Waals surface area contributed by atoms with Crippen LogP contribution in [0.1, 0.15) is 38.9 Å². The van der Waals surface area contributed by atoms with Gasteiger partial charge in [0.05, 0.1) is 6.10 Å². The summed E-state index contributed by atoms with van der Waals surface area (Å²) in [6.07, 6.45) is 0.238. The van der Waals surface area contributed by atoms with Crippen LogP contribution >= 0.6 is 15.9 Å². The third-order valence-electron chi connectivity index (χ3n) is 2.80. The van der Waals surface area contributed by atoms with Crippen LogP contribution in [0.5, 0.6) is 5.75 Å². The molecule has 1 amide bonds. The Morgan fingerprint density at radius 3 is 2.74 bits per heavy atom. The van der Waals surface area contributed by atoms with E-state index in [0.29, 0.717) is 11.3 Å². The number of hydrogen-bond donors (Lipinski definition) is 2. The lowest BCUT2D eigenvalue weighted by atomic mass is 10.1. The van der Waals surface area contributed by atoms with Crippen molar-refractivity contribution in [2.75, 3.05) is 6.61 Å². The number of benzene rings is 1. The number of amides is 1. The highest BCUT2D eigenvalue weighted by atomic mass is 79.9. The molecular weight excluding hydrogens is 310 g/mol. The van der Waals surface area contributed by atoms with Gasteiger partial charge in [0.2, 0.25) is 0 Å². The second kappa shape index (κ2) is 7.50. The maximum atomic E-state index is 11.6. The minimum Gasteiger partial charge on any atom is -0.483 e. The maximum absolute atomic E-state index is 11.6. The first-order valence-electron chi connectivity index (χ1n) is 6.33. The Balaban J connectivity index is 2.66. The zero-order chi connectivity index (χ0) is 14.4. The summed E-state index contributed by atoms with van der Waals surface area (Å²) >= 11 is 3.34. The Morgan fingerprint density at radius 1 is 1.47 bits per heavy atom. The third-order valence-corrected chi connectivity index (χ3v) is 3.30. The first kappa shape index (κ1) is 16.0. The van der Waals surface area contributed by atoms with Crippen molar-refractivity contribution < 1.29 is 14.6 Å². The van der Waals surface area contributed by atoms with Gasteiger partial charge in [-0.05, 0) is 32.4 Å². The van der Waals surface area contributed by atoms with Crippen molar-refractivity contribution >= 4 is 21.8 Å². The molecule has 0 aliphatic carbocycles. The van der Waals surface area contributed by atoms with E-state index in [4.69, 9.17) is 4.74 Å². The third kappa shape index (κ3) is 5.20. The highest BCUT2D eigenvalue weighted by Gasteiger charge is 2.12. The Morgan fingerprint density at radius 2 is 2.16 bits per heavy atom. The topological polar surface area (TPSA) is 58.6 Å². The van der Waals surface area contributed by atoms with E-state index in [1.54, 1.807) is 19.1 Å². The van der Waals surface area contributed by atoms with Gasteiger partial charge in [-0.1, -0.05) is 28.9 Å². The van der Waals surface area contributed by atoms with Crippen LogP contribution in [0.3, 0.4) is 0 Å². The normalized spacial score (nSPS) is 13.7. The van der Waals surface area contributed by atoms with E-state index in [-0.39, 0.29) is 18.6 Å². The van der Waals surface area contributed by atoms with Crippen molar-refractivity contribution in [3.05, 3.63) is 28.2 Å².